The maximum absolute atomic E-state index is 12.9. The van der Waals surface area contributed by atoms with Crippen molar-refractivity contribution in [3.8, 4) is 0 Å². The van der Waals surface area contributed by atoms with E-state index >= 15 is 0 Å². The quantitative estimate of drug-likeness (QED) is 0.455. The van der Waals surface area contributed by atoms with Gasteiger partial charge < -0.3 is 4.90 Å². The summed E-state index contributed by atoms with van der Waals surface area (Å²) in [6, 6.07) is 19.8. The second-order valence-corrected chi connectivity index (χ2v) is 6.88. The number of nitro benzene ring substituents is 1. The van der Waals surface area contributed by atoms with Gasteiger partial charge in [0.1, 0.15) is 0 Å². The van der Waals surface area contributed by atoms with Gasteiger partial charge >= 0.3 is 0 Å². The molecule has 132 valence electrons. The summed E-state index contributed by atoms with van der Waals surface area (Å²) in [6.45, 7) is 1.11. The topological polar surface area (TPSA) is 63.4 Å². The molecular formula is C20H18N2O3S. The molecular weight excluding hydrogens is 348 g/mol. The Labute approximate surface area is 155 Å². The van der Waals surface area contributed by atoms with Crippen molar-refractivity contribution in [2.75, 3.05) is 6.54 Å². The first-order valence-electron chi connectivity index (χ1n) is 8.23. The maximum Gasteiger partial charge on any atom is 0.269 e. The minimum Gasteiger partial charge on any atom is -0.333 e. The summed E-state index contributed by atoms with van der Waals surface area (Å²) < 4.78 is 0. The van der Waals surface area contributed by atoms with Crippen molar-refractivity contribution in [2.24, 2.45) is 0 Å². The molecule has 2 aromatic carbocycles. The van der Waals surface area contributed by atoms with Gasteiger partial charge in [-0.05, 0) is 35.6 Å². The van der Waals surface area contributed by atoms with Crippen LogP contribution in [0, 0.1) is 10.1 Å². The van der Waals surface area contributed by atoms with Crippen molar-refractivity contribution in [3.63, 3.8) is 0 Å². The first kappa shape index (κ1) is 17.8. The Kier molecular flexibility index (Phi) is 5.76. The van der Waals surface area contributed by atoms with Crippen LogP contribution in [-0.2, 0) is 13.0 Å². The van der Waals surface area contributed by atoms with E-state index in [1.807, 2.05) is 47.8 Å². The van der Waals surface area contributed by atoms with E-state index < -0.39 is 4.92 Å². The first-order valence-corrected chi connectivity index (χ1v) is 9.11. The van der Waals surface area contributed by atoms with E-state index in [1.54, 1.807) is 16.2 Å². The molecule has 1 aromatic heterocycles. The number of carbonyl (C=O) groups is 1. The molecule has 26 heavy (non-hydrogen) atoms. The molecule has 0 saturated heterocycles. The fourth-order valence-corrected chi connectivity index (χ4v) is 3.38. The summed E-state index contributed by atoms with van der Waals surface area (Å²) in [7, 11) is 0. The Morgan fingerprint density at radius 1 is 1.00 bits per heavy atom. The minimum absolute atomic E-state index is 0.0179. The number of amides is 1. The molecule has 0 spiro atoms. The molecule has 0 N–H and O–H groups in total. The Bertz CT molecular complexity index is 862. The molecule has 6 heteroatoms. The van der Waals surface area contributed by atoms with Crippen LogP contribution in [0.15, 0.2) is 72.1 Å². The molecule has 5 nitrogen and oxygen atoms in total. The van der Waals surface area contributed by atoms with Crippen molar-refractivity contribution in [2.45, 2.75) is 13.0 Å². The van der Waals surface area contributed by atoms with Gasteiger partial charge in [-0.1, -0.05) is 36.4 Å². The van der Waals surface area contributed by atoms with E-state index in [0.717, 1.165) is 11.3 Å². The van der Waals surface area contributed by atoms with E-state index in [2.05, 4.69) is 0 Å². The molecule has 1 heterocycles. The summed E-state index contributed by atoms with van der Waals surface area (Å²) in [4.78, 5) is 26.2. The molecule has 0 aliphatic heterocycles. The van der Waals surface area contributed by atoms with E-state index in [1.165, 1.54) is 29.8 Å². The number of hydrogen-bond donors (Lipinski definition) is 0. The number of thiophene rings is 1. The zero-order valence-corrected chi connectivity index (χ0v) is 14.9. The second kappa shape index (κ2) is 8.40. The highest BCUT2D eigenvalue weighted by molar-refractivity contribution is 7.09. The molecule has 1 amide bonds. The number of carbonyl (C=O) groups excluding carboxylic acids is 1. The summed E-state index contributed by atoms with van der Waals surface area (Å²) in [6.07, 6.45) is 0.755. The fourth-order valence-electron chi connectivity index (χ4n) is 2.66. The van der Waals surface area contributed by atoms with Crippen LogP contribution in [0.25, 0.3) is 0 Å². The fraction of sp³-hybridized carbons (Fsp3) is 0.150. The highest BCUT2D eigenvalue weighted by atomic mass is 32.1. The normalized spacial score (nSPS) is 10.5. The number of nitro groups is 1. The van der Waals surface area contributed by atoms with Crippen LogP contribution in [0.1, 0.15) is 20.8 Å². The summed E-state index contributed by atoms with van der Waals surface area (Å²) >= 11 is 1.61. The van der Waals surface area contributed by atoms with Crippen LogP contribution in [0.5, 0.6) is 0 Å². The van der Waals surface area contributed by atoms with Gasteiger partial charge in [0.2, 0.25) is 0 Å². The van der Waals surface area contributed by atoms with Crippen LogP contribution in [0.2, 0.25) is 0 Å². The third-order valence-electron chi connectivity index (χ3n) is 4.05. The molecule has 0 aliphatic rings. The van der Waals surface area contributed by atoms with Gasteiger partial charge in [0.25, 0.3) is 11.6 Å². The molecule has 0 atom stereocenters. The van der Waals surface area contributed by atoms with Gasteiger partial charge in [0.05, 0.1) is 11.5 Å². The lowest BCUT2D eigenvalue weighted by molar-refractivity contribution is -0.384. The molecule has 0 unspecified atom stereocenters. The Morgan fingerprint density at radius 3 is 2.35 bits per heavy atom. The van der Waals surface area contributed by atoms with E-state index in [-0.39, 0.29) is 11.6 Å². The highest BCUT2D eigenvalue weighted by Crippen LogP contribution is 2.17. The predicted molar refractivity (Wildman–Crippen MR) is 102 cm³/mol. The number of benzene rings is 2. The van der Waals surface area contributed by atoms with Gasteiger partial charge in [0, 0.05) is 29.1 Å². The SMILES string of the molecule is O=C(c1ccc([N+](=O)[O-])cc1)N(CCc1ccccc1)Cc1cccs1. The van der Waals surface area contributed by atoms with Gasteiger partial charge in [0.15, 0.2) is 0 Å². The van der Waals surface area contributed by atoms with Crippen LogP contribution >= 0.6 is 11.3 Å². The lowest BCUT2D eigenvalue weighted by Gasteiger charge is -2.22. The summed E-state index contributed by atoms with van der Waals surface area (Å²) in [5.41, 5.74) is 1.61. The Hall–Kier alpha value is -2.99. The molecule has 3 rings (SSSR count). The Balaban J connectivity index is 1.76. The number of rotatable bonds is 7. The van der Waals surface area contributed by atoms with Crippen LogP contribution in [-0.4, -0.2) is 22.3 Å². The first-order chi connectivity index (χ1) is 12.6. The average Bonchev–Trinajstić information content (AvgIpc) is 3.18. The van der Waals surface area contributed by atoms with Crippen molar-refractivity contribution in [1.82, 2.24) is 4.90 Å². The van der Waals surface area contributed by atoms with Crippen molar-refractivity contribution in [3.05, 3.63) is 98.2 Å². The van der Waals surface area contributed by atoms with Crippen LogP contribution < -0.4 is 0 Å². The zero-order chi connectivity index (χ0) is 18.4. The molecule has 3 aromatic rings. The van der Waals surface area contributed by atoms with E-state index in [9.17, 15) is 14.9 Å². The average molecular weight is 366 g/mol. The third kappa shape index (κ3) is 4.55. The highest BCUT2D eigenvalue weighted by Gasteiger charge is 2.18. The number of nitrogens with zero attached hydrogens (tertiary/aromatic N) is 2. The van der Waals surface area contributed by atoms with Gasteiger partial charge in [-0.25, -0.2) is 0 Å². The van der Waals surface area contributed by atoms with Gasteiger partial charge in [-0.2, -0.15) is 0 Å². The standard InChI is InChI=1S/C20H18N2O3S/c23-20(17-8-10-18(11-9-17)22(24)25)21(15-19-7-4-14-26-19)13-12-16-5-2-1-3-6-16/h1-11,14H,12-13,15H2. The van der Waals surface area contributed by atoms with Gasteiger partial charge in [-0.15, -0.1) is 11.3 Å². The number of non-ortho nitro benzene ring substituents is 1. The molecule has 0 fully saturated rings. The van der Waals surface area contributed by atoms with Crippen molar-refractivity contribution in [1.29, 1.82) is 0 Å². The Morgan fingerprint density at radius 2 is 1.73 bits per heavy atom. The largest absolute Gasteiger partial charge is 0.333 e. The maximum atomic E-state index is 12.9. The molecule has 0 aliphatic carbocycles. The molecule has 0 saturated carbocycles. The monoisotopic (exact) mass is 366 g/mol. The lowest BCUT2D eigenvalue weighted by Crippen LogP contribution is -2.32. The zero-order valence-electron chi connectivity index (χ0n) is 14.1. The molecule has 0 radical (unpaired) electrons. The van der Waals surface area contributed by atoms with Gasteiger partial charge in [-0.3, -0.25) is 14.9 Å². The number of hydrogen-bond acceptors (Lipinski definition) is 4. The minimum atomic E-state index is -0.465. The predicted octanol–water partition coefficient (Wildman–Crippen LogP) is 4.54. The van der Waals surface area contributed by atoms with Crippen LogP contribution in [0.4, 0.5) is 5.69 Å². The summed E-state index contributed by atoms with van der Waals surface area (Å²) in [5.74, 6) is -0.121. The van der Waals surface area contributed by atoms with E-state index in [0.29, 0.717) is 18.7 Å². The second-order valence-electron chi connectivity index (χ2n) is 5.85. The van der Waals surface area contributed by atoms with Crippen molar-refractivity contribution >= 4 is 22.9 Å². The van der Waals surface area contributed by atoms with Crippen LogP contribution in [0.3, 0.4) is 0 Å². The lowest BCUT2D eigenvalue weighted by atomic mass is 10.1. The van der Waals surface area contributed by atoms with E-state index in [4.69, 9.17) is 0 Å². The third-order valence-corrected chi connectivity index (χ3v) is 4.91. The smallest absolute Gasteiger partial charge is 0.269 e. The summed E-state index contributed by atoms with van der Waals surface area (Å²) in [5, 5.41) is 12.8. The molecule has 0 bridgehead atoms. The van der Waals surface area contributed by atoms with Crippen molar-refractivity contribution < 1.29 is 9.72 Å².